The summed E-state index contributed by atoms with van der Waals surface area (Å²) in [7, 11) is 6.06. The summed E-state index contributed by atoms with van der Waals surface area (Å²) >= 11 is 0. The molecule has 5 heteroatoms. The van der Waals surface area contributed by atoms with Crippen molar-refractivity contribution in [2.75, 3.05) is 20.6 Å². The van der Waals surface area contributed by atoms with Crippen molar-refractivity contribution < 1.29 is 0 Å². The molecule has 1 saturated carbocycles. The molecule has 1 aromatic carbocycles. The third kappa shape index (κ3) is 3.43. The second-order valence-electron chi connectivity index (χ2n) is 7.15. The number of aliphatic imine (C=N–C) groups is 1. The van der Waals surface area contributed by atoms with E-state index in [1.807, 2.05) is 7.05 Å². The lowest BCUT2D eigenvalue weighted by atomic mass is 10.0. The van der Waals surface area contributed by atoms with E-state index in [9.17, 15) is 0 Å². The van der Waals surface area contributed by atoms with Gasteiger partial charge in [0.25, 0.3) is 0 Å². The first-order chi connectivity index (χ1) is 11.7. The maximum absolute atomic E-state index is 4.46. The molecule has 3 atom stereocenters. The van der Waals surface area contributed by atoms with Crippen LogP contribution in [0.4, 0.5) is 0 Å². The van der Waals surface area contributed by atoms with Gasteiger partial charge < -0.3 is 14.8 Å². The Morgan fingerprint density at radius 2 is 2.08 bits per heavy atom. The van der Waals surface area contributed by atoms with E-state index in [4.69, 9.17) is 0 Å². The van der Waals surface area contributed by atoms with Gasteiger partial charge in [0.1, 0.15) is 0 Å². The lowest BCUT2D eigenvalue weighted by Crippen LogP contribution is -2.40. The minimum Gasteiger partial charge on any atom is -0.356 e. The average molecular weight is 450 g/mol. The third-order valence-electron chi connectivity index (χ3n) is 5.72. The second-order valence-corrected chi connectivity index (χ2v) is 7.15. The maximum Gasteiger partial charge on any atom is 0.193 e. The van der Waals surface area contributed by atoms with Crippen molar-refractivity contribution in [1.82, 2.24) is 14.8 Å². The van der Waals surface area contributed by atoms with E-state index < -0.39 is 0 Å². The summed E-state index contributed by atoms with van der Waals surface area (Å²) in [6.45, 7) is 1.89. The summed E-state index contributed by atoms with van der Waals surface area (Å²) in [5.74, 6) is 3.35. The topological polar surface area (TPSA) is 32.6 Å². The van der Waals surface area contributed by atoms with Crippen molar-refractivity contribution in [2.45, 2.75) is 18.9 Å². The molecule has 2 aliphatic carbocycles. The van der Waals surface area contributed by atoms with E-state index in [0.717, 1.165) is 36.8 Å². The van der Waals surface area contributed by atoms with Crippen LogP contribution in [0.1, 0.15) is 22.7 Å². The molecule has 0 radical (unpaired) electrons. The highest BCUT2D eigenvalue weighted by Gasteiger charge is 2.54. The number of aryl methyl sites for hydroxylation is 1. The molecule has 1 aromatic heterocycles. The van der Waals surface area contributed by atoms with Gasteiger partial charge in [0, 0.05) is 39.6 Å². The fraction of sp³-hybridized carbons (Fsp3) is 0.450. The van der Waals surface area contributed by atoms with Crippen LogP contribution in [0.15, 0.2) is 47.6 Å². The van der Waals surface area contributed by atoms with Gasteiger partial charge >= 0.3 is 0 Å². The molecule has 0 saturated heterocycles. The highest BCUT2D eigenvalue weighted by Crippen LogP contribution is 2.60. The Labute approximate surface area is 167 Å². The Morgan fingerprint density at radius 3 is 2.80 bits per heavy atom. The van der Waals surface area contributed by atoms with Crippen molar-refractivity contribution in [2.24, 2.45) is 23.9 Å². The van der Waals surface area contributed by atoms with Crippen molar-refractivity contribution in [3.05, 3.63) is 59.4 Å². The average Bonchev–Trinajstić information content (AvgIpc) is 2.90. The molecule has 0 spiro atoms. The summed E-state index contributed by atoms with van der Waals surface area (Å²) in [4.78, 5) is 6.65. The zero-order valence-corrected chi connectivity index (χ0v) is 17.5. The molecule has 3 unspecified atom stereocenters. The Bertz CT molecular complexity index is 767. The summed E-state index contributed by atoms with van der Waals surface area (Å²) in [5, 5.41) is 3.59. The Morgan fingerprint density at radius 1 is 1.28 bits per heavy atom. The number of nitrogens with zero attached hydrogens (tertiary/aromatic N) is 3. The molecule has 2 aliphatic rings. The Balaban J connectivity index is 0.00000182. The summed E-state index contributed by atoms with van der Waals surface area (Å²) in [5.41, 5.74) is 4.44. The second kappa shape index (κ2) is 7.40. The number of nitrogens with one attached hydrogen (secondary N) is 1. The normalized spacial score (nSPS) is 23.5. The highest BCUT2D eigenvalue weighted by atomic mass is 127. The molecule has 0 bridgehead atoms. The smallest absolute Gasteiger partial charge is 0.193 e. The summed E-state index contributed by atoms with van der Waals surface area (Å²) in [6, 6.07) is 13.2. The molecule has 1 fully saturated rings. The van der Waals surface area contributed by atoms with Gasteiger partial charge in [-0.05, 0) is 47.4 Å². The first kappa shape index (κ1) is 18.3. The van der Waals surface area contributed by atoms with Gasteiger partial charge in [-0.3, -0.25) is 4.99 Å². The van der Waals surface area contributed by atoms with Crippen LogP contribution in [0.2, 0.25) is 0 Å². The monoisotopic (exact) mass is 450 g/mol. The Hall–Kier alpha value is -1.50. The lowest BCUT2D eigenvalue weighted by molar-refractivity contribution is 0.458. The number of rotatable bonds is 4. The van der Waals surface area contributed by atoms with Crippen LogP contribution in [-0.4, -0.2) is 36.1 Å². The molecule has 25 heavy (non-hydrogen) atoms. The predicted molar refractivity (Wildman–Crippen MR) is 114 cm³/mol. The Kier molecular flexibility index (Phi) is 5.41. The number of halogens is 1. The number of aromatic nitrogens is 1. The molecular formula is C20H27IN4. The van der Waals surface area contributed by atoms with E-state index >= 15 is 0 Å². The van der Waals surface area contributed by atoms with Gasteiger partial charge in [-0.2, -0.15) is 0 Å². The summed E-state index contributed by atoms with van der Waals surface area (Å²) < 4.78 is 2.16. The standard InChI is InChI=1S/C20H26N4.HI/c1-21-20(24(3)13-15-8-6-10-23(15)2)22-12-18-17-11-14-7-4-5-9-16(14)19(17)18;/h4-10,17-19H,11-13H2,1-3H3,(H,21,22);1H. The van der Waals surface area contributed by atoms with Crippen LogP contribution in [0.25, 0.3) is 0 Å². The molecule has 4 nitrogen and oxygen atoms in total. The number of guanidine groups is 1. The first-order valence-electron chi connectivity index (χ1n) is 8.79. The SMILES string of the molecule is CN=C(NCC1C2Cc3ccccc3C12)N(C)Cc1cccn1C.I. The molecule has 0 aliphatic heterocycles. The third-order valence-corrected chi connectivity index (χ3v) is 5.72. The van der Waals surface area contributed by atoms with Gasteiger partial charge in [-0.25, -0.2) is 0 Å². The molecule has 2 aromatic rings. The van der Waals surface area contributed by atoms with E-state index in [2.05, 4.69) is 76.5 Å². The molecular weight excluding hydrogens is 423 g/mol. The zero-order valence-electron chi connectivity index (χ0n) is 15.1. The number of fused-ring (bicyclic) bond motifs is 3. The van der Waals surface area contributed by atoms with E-state index in [0.29, 0.717) is 0 Å². The first-order valence-corrected chi connectivity index (χ1v) is 8.79. The van der Waals surface area contributed by atoms with Gasteiger partial charge in [0.05, 0.1) is 6.54 Å². The van der Waals surface area contributed by atoms with Crippen LogP contribution in [0.3, 0.4) is 0 Å². The summed E-state index contributed by atoms with van der Waals surface area (Å²) in [6.07, 6.45) is 3.34. The number of hydrogen-bond acceptors (Lipinski definition) is 1. The zero-order chi connectivity index (χ0) is 16.7. The van der Waals surface area contributed by atoms with Crippen LogP contribution >= 0.6 is 24.0 Å². The largest absolute Gasteiger partial charge is 0.356 e. The van der Waals surface area contributed by atoms with Gasteiger partial charge in [0.15, 0.2) is 5.96 Å². The van der Waals surface area contributed by atoms with E-state index in [-0.39, 0.29) is 24.0 Å². The predicted octanol–water partition coefficient (Wildman–Crippen LogP) is 3.24. The molecule has 4 rings (SSSR count). The van der Waals surface area contributed by atoms with E-state index in [1.165, 1.54) is 12.1 Å². The van der Waals surface area contributed by atoms with Crippen LogP contribution in [0, 0.1) is 11.8 Å². The lowest BCUT2D eigenvalue weighted by Gasteiger charge is -2.22. The number of benzene rings is 1. The van der Waals surface area contributed by atoms with Gasteiger partial charge in [-0.15, -0.1) is 24.0 Å². The highest BCUT2D eigenvalue weighted by molar-refractivity contribution is 14.0. The minimum atomic E-state index is 0. The molecule has 134 valence electrons. The van der Waals surface area contributed by atoms with Crippen LogP contribution in [0.5, 0.6) is 0 Å². The fourth-order valence-electron chi connectivity index (χ4n) is 4.33. The number of hydrogen-bond donors (Lipinski definition) is 1. The van der Waals surface area contributed by atoms with Gasteiger partial charge in [0.2, 0.25) is 0 Å². The molecule has 1 heterocycles. The quantitative estimate of drug-likeness (QED) is 0.441. The molecule has 1 N–H and O–H groups in total. The van der Waals surface area contributed by atoms with Crippen molar-refractivity contribution >= 4 is 29.9 Å². The minimum absolute atomic E-state index is 0. The van der Waals surface area contributed by atoms with Gasteiger partial charge in [-0.1, -0.05) is 24.3 Å². The van der Waals surface area contributed by atoms with Crippen molar-refractivity contribution in [3.8, 4) is 0 Å². The van der Waals surface area contributed by atoms with Crippen molar-refractivity contribution in [3.63, 3.8) is 0 Å². The van der Waals surface area contributed by atoms with Crippen LogP contribution in [-0.2, 0) is 20.0 Å². The maximum atomic E-state index is 4.46. The fourth-order valence-corrected chi connectivity index (χ4v) is 4.33. The van der Waals surface area contributed by atoms with Crippen molar-refractivity contribution in [1.29, 1.82) is 0 Å². The molecule has 0 amide bonds. The van der Waals surface area contributed by atoms with E-state index in [1.54, 1.807) is 11.1 Å². The van der Waals surface area contributed by atoms with Crippen LogP contribution < -0.4 is 5.32 Å².